The number of benzene rings is 2. The summed E-state index contributed by atoms with van der Waals surface area (Å²) in [5.74, 6) is -3.05. The Morgan fingerprint density at radius 1 is 1.03 bits per heavy atom. The number of hydrogen-bond acceptors (Lipinski definition) is 5. The van der Waals surface area contributed by atoms with E-state index >= 15 is 0 Å². The molecule has 12 heteroatoms. The van der Waals surface area contributed by atoms with Gasteiger partial charge >= 0.3 is 12.1 Å². The number of aromatic amines is 2. The minimum absolute atomic E-state index is 0.247. The Kier molecular flexibility index (Phi) is 6.38. The lowest BCUT2D eigenvalue weighted by molar-refractivity contribution is -0.192. The quantitative estimate of drug-likeness (QED) is 0.277. The molecule has 0 radical (unpaired) electrons. The van der Waals surface area contributed by atoms with Gasteiger partial charge in [-0.25, -0.2) is 4.79 Å². The van der Waals surface area contributed by atoms with Crippen LogP contribution in [0.15, 0.2) is 71.8 Å². The monoisotopic (exact) mass is 500 g/mol. The highest BCUT2D eigenvalue weighted by molar-refractivity contribution is 7.22. The number of nitrogens with zero attached hydrogens (tertiary/aromatic N) is 1. The average Bonchev–Trinajstić information content (AvgIpc) is 3.45. The van der Waals surface area contributed by atoms with E-state index in [1.807, 2.05) is 24.3 Å². The molecule has 0 fully saturated rings. The number of pyridine rings is 1. The van der Waals surface area contributed by atoms with E-state index in [0.29, 0.717) is 11.3 Å². The third kappa shape index (κ3) is 5.38. The molecule has 5 rings (SSSR count). The average molecular weight is 500 g/mol. The molecule has 0 atom stereocenters. The summed E-state index contributed by atoms with van der Waals surface area (Å²) >= 11 is 1.69. The van der Waals surface area contributed by atoms with Gasteiger partial charge in [-0.15, -0.1) is 11.3 Å². The number of amides is 1. The van der Waals surface area contributed by atoms with Gasteiger partial charge in [-0.2, -0.15) is 18.3 Å². The zero-order chi connectivity index (χ0) is 25.2. The van der Waals surface area contributed by atoms with Crippen LogP contribution in [0.25, 0.3) is 31.4 Å². The van der Waals surface area contributed by atoms with Gasteiger partial charge in [0.1, 0.15) is 0 Å². The van der Waals surface area contributed by atoms with Gasteiger partial charge in [0.05, 0.1) is 17.3 Å². The maximum atomic E-state index is 12.5. The summed E-state index contributed by atoms with van der Waals surface area (Å²) < 4.78 is 32.9. The maximum Gasteiger partial charge on any atom is 0.490 e. The summed E-state index contributed by atoms with van der Waals surface area (Å²) in [6, 6.07) is 17.0. The van der Waals surface area contributed by atoms with E-state index in [0.717, 1.165) is 21.3 Å². The molecule has 0 bridgehead atoms. The van der Waals surface area contributed by atoms with Crippen LogP contribution in [0.4, 0.5) is 18.9 Å². The van der Waals surface area contributed by atoms with E-state index in [-0.39, 0.29) is 11.5 Å². The number of thiophene rings is 1. The number of fused-ring (bicyclic) bond motifs is 2. The Morgan fingerprint density at radius 2 is 1.77 bits per heavy atom. The van der Waals surface area contributed by atoms with Crippen LogP contribution >= 0.6 is 11.3 Å². The number of carbonyl (C=O) groups excluding carboxylic acids is 1. The largest absolute Gasteiger partial charge is 0.490 e. The normalized spacial score (nSPS) is 11.2. The van der Waals surface area contributed by atoms with Gasteiger partial charge in [0.25, 0.3) is 5.91 Å². The van der Waals surface area contributed by atoms with Crippen molar-refractivity contribution in [3.63, 3.8) is 0 Å². The first-order valence-corrected chi connectivity index (χ1v) is 10.7. The van der Waals surface area contributed by atoms with Crippen LogP contribution in [0.3, 0.4) is 0 Å². The molecule has 0 aliphatic carbocycles. The van der Waals surface area contributed by atoms with Crippen LogP contribution < -0.4 is 10.9 Å². The number of carbonyl (C=O) groups is 2. The second-order valence-electron chi connectivity index (χ2n) is 7.21. The number of carboxylic acid groups (broad SMARTS) is 1. The molecule has 4 N–H and O–H groups in total. The van der Waals surface area contributed by atoms with Crippen LogP contribution in [-0.2, 0) is 4.79 Å². The van der Waals surface area contributed by atoms with Crippen LogP contribution in [0.2, 0.25) is 0 Å². The summed E-state index contributed by atoms with van der Waals surface area (Å²) in [6.45, 7) is 0. The number of alkyl halides is 3. The zero-order valence-electron chi connectivity index (χ0n) is 17.5. The van der Waals surface area contributed by atoms with E-state index in [9.17, 15) is 22.8 Å². The van der Waals surface area contributed by atoms with Gasteiger partial charge in [0.15, 0.2) is 0 Å². The summed E-state index contributed by atoms with van der Waals surface area (Å²) in [7, 11) is 0. The predicted molar refractivity (Wildman–Crippen MR) is 126 cm³/mol. The van der Waals surface area contributed by atoms with Gasteiger partial charge in [-0.3, -0.25) is 14.7 Å². The highest BCUT2D eigenvalue weighted by Crippen LogP contribution is 2.38. The fourth-order valence-corrected chi connectivity index (χ4v) is 4.28. The van der Waals surface area contributed by atoms with Gasteiger partial charge in [0.2, 0.25) is 5.56 Å². The minimum atomic E-state index is -5.08. The smallest absolute Gasteiger partial charge is 0.475 e. The molecule has 3 aromatic heterocycles. The fourth-order valence-electron chi connectivity index (χ4n) is 3.19. The van der Waals surface area contributed by atoms with Crippen LogP contribution in [0.5, 0.6) is 0 Å². The zero-order valence-corrected chi connectivity index (χ0v) is 18.3. The van der Waals surface area contributed by atoms with Crippen molar-refractivity contribution in [1.82, 2.24) is 15.2 Å². The third-order valence-electron chi connectivity index (χ3n) is 4.79. The Labute approximate surface area is 198 Å². The Hall–Kier alpha value is -4.45. The molecule has 5 aromatic rings. The molecule has 0 unspecified atom stereocenters. The van der Waals surface area contributed by atoms with E-state index < -0.39 is 12.1 Å². The van der Waals surface area contributed by atoms with Gasteiger partial charge < -0.3 is 15.4 Å². The molecule has 0 saturated carbocycles. The Balaban J connectivity index is 0.000000364. The molecule has 0 saturated heterocycles. The standard InChI is InChI=1S/C21H14N4O2S.C2HF3O2/c26-19-6-5-13(10-22-19)21(27)24-15-7-14-11-23-25-20(14)16(9-15)18-8-12-3-1-2-4-17(12)28-18;3-2(4,5)1(6)7/h1-11H,(H,22,26)(H,23,25)(H,24,27);(H,6,7). The van der Waals surface area contributed by atoms with Crippen molar-refractivity contribution in [2.24, 2.45) is 0 Å². The van der Waals surface area contributed by atoms with E-state index in [1.165, 1.54) is 28.4 Å². The first-order chi connectivity index (χ1) is 16.6. The molecule has 3 heterocycles. The lowest BCUT2D eigenvalue weighted by Crippen LogP contribution is -2.21. The summed E-state index contributed by atoms with van der Waals surface area (Å²) in [5.41, 5.74) is 2.71. The second-order valence-corrected chi connectivity index (χ2v) is 8.29. The molecular weight excluding hydrogens is 485 g/mol. The van der Waals surface area contributed by atoms with Crippen LogP contribution in [0, 0.1) is 0 Å². The van der Waals surface area contributed by atoms with Crippen LogP contribution in [-0.4, -0.2) is 38.3 Å². The number of halogens is 3. The maximum absolute atomic E-state index is 12.5. The third-order valence-corrected chi connectivity index (χ3v) is 5.94. The molecule has 1 amide bonds. The summed E-state index contributed by atoms with van der Waals surface area (Å²) in [4.78, 5) is 36.2. The first-order valence-electron chi connectivity index (χ1n) is 9.88. The molecule has 35 heavy (non-hydrogen) atoms. The van der Waals surface area contributed by atoms with Gasteiger partial charge in [-0.05, 0) is 35.7 Å². The van der Waals surface area contributed by atoms with Crippen molar-refractivity contribution < 1.29 is 27.9 Å². The lowest BCUT2D eigenvalue weighted by atomic mass is 10.1. The summed E-state index contributed by atoms with van der Waals surface area (Å²) in [6.07, 6.45) is -1.94. The molecule has 0 spiro atoms. The molecule has 0 aliphatic rings. The highest BCUT2D eigenvalue weighted by Gasteiger charge is 2.38. The van der Waals surface area contributed by atoms with Gasteiger partial charge in [0, 0.05) is 38.5 Å². The summed E-state index contributed by atoms with van der Waals surface area (Å²) in [5, 5.41) is 19.3. The molecular formula is C23H15F3N4O4S. The first kappa shape index (κ1) is 23.7. The number of hydrogen-bond donors (Lipinski definition) is 4. The topological polar surface area (TPSA) is 128 Å². The van der Waals surface area contributed by atoms with E-state index in [4.69, 9.17) is 9.90 Å². The number of aliphatic carboxylic acids is 1. The molecule has 0 aliphatic heterocycles. The SMILES string of the molecule is O=C(Nc1cc(-c2cc3ccccc3s2)c2[nH]ncc2c1)c1ccc(=O)[nH]c1.O=C(O)C(F)(F)F. The van der Waals surface area contributed by atoms with E-state index in [1.54, 1.807) is 17.5 Å². The fraction of sp³-hybridized carbons (Fsp3) is 0.0435. The molecule has 178 valence electrons. The van der Waals surface area contributed by atoms with Crippen molar-refractivity contribution in [2.45, 2.75) is 6.18 Å². The van der Waals surface area contributed by atoms with Gasteiger partial charge in [-0.1, -0.05) is 18.2 Å². The number of nitrogens with one attached hydrogen (secondary N) is 3. The number of carboxylic acids is 1. The van der Waals surface area contributed by atoms with Crippen molar-refractivity contribution in [3.05, 3.63) is 82.9 Å². The van der Waals surface area contributed by atoms with Crippen molar-refractivity contribution in [2.75, 3.05) is 5.32 Å². The Bertz CT molecular complexity index is 1550. The van der Waals surface area contributed by atoms with Crippen molar-refractivity contribution in [3.8, 4) is 10.4 Å². The number of anilines is 1. The van der Waals surface area contributed by atoms with Crippen LogP contribution in [0.1, 0.15) is 10.4 Å². The van der Waals surface area contributed by atoms with E-state index in [2.05, 4.69) is 38.7 Å². The predicted octanol–water partition coefficient (Wildman–Crippen LogP) is 5.02. The minimum Gasteiger partial charge on any atom is -0.475 e. The molecule has 2 aromatic carbocycles. The number of aromatic nitrogens is 3. The second kappa shape index (κ2) is 9.43. The number of H-pyrrole nitrogens is 2. The lowest BCUT2D eigenvalue weighted by Gasteiger charge is -2.08. The molecule has 8 nitrogen and oxygen atoms in total. The van der Waals surface area contributed by atoms with Crippen molar-refractivity contribution >= 4 is 49.9 Å². The Morgan fingerprint density at radius 3 is 2.43 bits per heavy atom. The number of rotatable bonds is 3. The highest BCUT2D eigenvalue weighted by atomic mass is 32.1. The van der Waals surface area contributed by atoms with Crippen molar-refractivity contribution in [1.29, 1.82) is 0 Å².